The van der Waals surface area contributed by atoms with Gasteiger partial charge in [0.2, 0.25) is 5.91 Å². The normalized spacial score (nSPS) is 11.1. The average molecular weight is 192 g/mol. The SMILES string of the molecule is Cc1cnccc1NC(=O)C(C)(C)C. The van der Waals surface area contributed by atoms with Crippen LogP contribution in [0.5, 0.6) is 0 Å². The Hall–Kier alpha value is -1.38. The van der Waals surface area contributed by atoms with Crippen LogP contribution in [0.1, 0.15) is 26.3 Å². The molecule has 0 aromatic carbocycles. The Balaban J connectivity index is 2.80. The predicted octanol–water partition coefficient (Wildman–Crippen LogP) is 2.37. The number of aromatic nitrogens is 1. The van der Waals surface area contributed by atoms with Crippen LogP contribution in [0.15, 0.2) is 18.5 Å². The molecule has 0 aliphatic heterocycles. The summed E-state index contributed by atoms with van der Waals surface area (Å²) in [7, 11) is 0. The molecule has 76 valence electrons. The Kier molecular flexibility index (Phi) is 2.89. The van der Waals surface area contributed by atoms with E-state index in [0.29, 0.717) is 0 Å². The van der Waals surface area contributed by atoms with Gasteiger partial charge in [-0.25, -0.2) is 0 Å². The largest absolute Gasteiger partial charge is 0.325 e. The fourth-order valence-electron chi connectivity index (χ4n) is 0.923. The first kappa shape index (κ1) is 10.7. The Morgan fingerprint density at radius 3 is 2.57 bits per heavy atom. The molecule has 0 atom stereocenters. The molecular weight excluding hydrogens is 176 g/mol. The van der Waals surface area contributed by atoms with Gasteiger partial charge in [-0.1, -0.05) is 20.8 Å². The van der Waals surface area contributed by atoms with Crippen molar-refractivity contribution in [3.63, 3.8) is 0 Å². The number of pyridine rings is 1. The zero-order valence-corrected chi connectivity index (χ0v) is 9.09. The van der Waals surface area contributed by atoms with E-state index in [0.717, 1.165) is 11.3 Å². The molecular formula is C11H16N2O. The zero-order chi connectivity index (χ0) is 10.8. The van der Waals surface area contributed by atoms with Gasteiger partial charge in [-0.3, -0.25) is 9.78 Å². The summed E-state index contributed by atoms with van der Waals surface area (Å²) in [5.74, 6) is 0.0202. The highest BCUT2D eigenvalue weighted by atomic mass is 16.2. The Morgan fingerprint density at radius 2 is 2.07 bits per heavy atom. The third kappa shape index (κ3) is 2.55. The quantitative estimate of drug-likeness (QED) is 0.742. The van der Waals surface area contributed by atoms with E-state index in [1.54, 1.807) is 18.5 Å². The van der Waals surface area contributed by atoms with E-state index in [9.17, 15) is 4.79 Å². The van der Waals surface area contributed by atoms with Crippen molar-refractivity contribution in [2.24, 2.45) is 5.41 Å². The van der Waals surface area contributed by atoms with Gasteiger partial charge < -0.3 is 5.32 Å². The van der Waals surface area contributed by atoms with Gasteiger partial charge in [-0.15, -0.1) is 0 Å². The number of rotatable bonds is 1. The van der Waals surface area contributed by atoms with Crippen LogP contribution in [0.3, 0.4) is 0 Å². The fraction of sp³-hybridized carbons (Fsp3) is 0.455. The predicted molar refractivity (Wildman–Crippen MR) is 57.1 cm³/mol. The molecule has 0 aliphatic carbocycles. The van der Waals surface area contributed by atoms with Gasteiger partial charge in [0.1, 0.15) is 0 Å². The molecule has 0 spiro atoms. The maximum Gasteiger partial charge on any atom is 0.229 e. The number of carbonyl (C=O) groups is 1. The van der Waals surface area contributed by atoms with Gasteiger partial charge >= 0.3 is 0 Å². The van der Waals surface area contributed by atoms with Gasteiger partial charge in [0.05, 0.1) is 0 Å². The van der Waals surface area contributed by atoms with Crippen molar-refractivity contribution in [2.75, 3.05) is 5.32 Å². The minimum Gasteiger partial charge on any atom is -0.325 e. The van der Waals surface area contributed by atoms with Gasteiger partial charge in [-0.2, -0.15) is 0 Å². The van der Waals surface area contributed by atoms with E-state index >= 15 is 0 Å². The Morgan fingerprint density at radius 1 is 1.43 bits per heavy atom. The highest BCUT2D eigenvalue weighted by Gasteiger charge is 2.21. The van der Waals surface area contributed by atoms with Gasteiger partial charge in [0, 0.05) is 23.5 Å². The van der Waals surface area contributed by atoms with Crippen LogP contribution in [0.2, 0.25) is 0 Å². The number of nitrogens with zero attached hydrogens (tertiary/aromatic N) is 1. The first-order valence-electron chi connectivity index (χ1n) is 4.63. The molecule has 1 aromatic rings. The van der Waals surface area contributed by atoms with Crippen LogP contribution in [0.25, 0.3) is 0 Å². The maximum atomic E-state index is 11.7. The summed E-state index contributed by atoms with van der Waals surface area (Å²) in [6.45, 7) is 7.59. The van der Waals surface area contributed by atoms with Crippen molar-refractivity contribution in [3.8, 4) is 0 Å². The molecule has 0 unspecified atom stereocenters. The molecule has 0 aliphatic rings. The lowest BCUT2D eigenvalue weighted by atomic mass is 9.95. The summed E-state index contributed by atoms with van der Waals surface area (Å²) < 4.78 is 0. The monoisotopic (exact) mass is 192 g/mol. The van der Waals surface area contributed by atoms with Crippen LogP contribution in [0.4, 0.5) is 5.69 Å². The number of amides is 1. The van der Waals surface area contributed by atoms with Crippen molar-refractivity contribution < 1.29 is 4.79 Å². The lowest BCUT2D eigenvalue weighted by Gasteiger charge is -2.18. The van der Waals surface area contributed by atoms with E-state index in [4.69, 9.17) is 0 Å². The van der Waals surface area contributed by atoms with Gasteiger partial charge in [0.15, 0.2) is 0 Å². The molecule has 1 heterocycles. The van der Waals surface area contributed by atoms with Crippen molar-refractivity contribution in [2.45, 2.75) is 27.7 Å². The third-order valence-electron chi connectivity index (χ3n) is 1.95. The molecule has 1 amide bonds. The van der Waals surface area contributed by atoms with Crippen LogP contribution in [-0.2, 0) is 4.79 Å². The summed E-state index contributed by atoms with van der Waals surface area (Å²) in [6, 6.07) is 1.80. The Labute approximate surface area is 84.6 Å². The van der Waals surface area contributed by atoms with Gasteiger partial charge in [-0.05, 0) is 18.6 Å². The fourth-order valence-corrected chi connectivity index (χ4v) is 0.923. The van der Waals surface area contributed by atoms with Crippen LogP contribution >= 0.6 is 0 Å². The second-order valence-corrected chi connectivity index (χ2v) is 4.39. The van der Waals surface area contributed by atoms with E-state index in [1.165, 1.54) is 0 Å². The zero-order valence-electron chi connectivity index (χ0n) is 9.09. The molecule has 3 heteroatoms. The summed E-state index contributed by atoms with van der Waals surface area (Å²) in [5.41, 5.74) is 1.44. The smallest absolute Gasteiger partial charge is 0.229 e. The molecule has 0 radical (unpaired) electrons. The molecule has 0 saturated heterocycles. The lowest BCUT2D eigenvalue weighted by Crippen LogP contribution is -2.27. The average Bonchev–Trinajstić information content (AvgIpc) is 2.07. The number of aryl methyl sites for hydroxylation is 1. The molecule has 0 fully saturated rings. The number of anilines is 1. The molecule has 1 rings (SSSR count). The van der Waals surface area contributed by atoms with Crippen LogP contribution < -0.4 is 5.32 Å². The highest BCUT2D eigenvalue weighted by Crippen LogP contribution is 2.18. The molecule has 1 aromatic heterocycles. The summed E-state index contributed by atoms with van der Waals surface area (Å²) in [5, 5.41) is 2.87. The second-order valence-electron chi connectivity index (χ2n) is 4.39. The van der Waals surface area contributed by atoms with Crippen molar-refractivity contribution in [3.05, 3.63) is 24.0 Å². The summed E-state index contributed by atoms with van der Waals surface area (Å²) in [4.78, 5) is 15.6. The van der Waals surface area contributed by atoms with Crippen LogP contribution in [0, 0.1) is 12.3 Å². The number of nitrogens with one attached hydrogen (secondary N) is 1. The first-order valence-corrected chi connectivity index (χ1v) is 4.63. The number of carbonyl (C=O) groups excluding carboxylic acids is 1. The van der Waals surface area contributed by atoms with Gasteiger partial charge in [0.25, 0.3) is 0 Å². The molecule has 0 saturated carbocycles. The second kappa shape index (κ2) is 3.78. The molecule has 3 nitrogen and oxygen atoms in total. The summed E-state index contributed by atoms with van der Waals surface area (Å²) in [6.07, 6.45) is 3.41. The minimum absolute atomic E-state index is 0.0202. The minimum atomic E-state index is -0.365. The van der Waals surface area contributed by atoms with Crippen molar-refractivity contribution in [1.82, 2.24) is 4.98 Å². The Bertz CT molecular complexity index is 339. The molecule has 0 bridgehead atoms. The van der Waals surface area contributed by atoms with E-state index < -0.39 is 0 Å². The molecule has 1 N–H and O–H groups in total. The summed E-state index contributed by atoms with van der Waals surface area (Å²) >= 11 is 0. The van der Waals surface area contributed by atoms with E-state index in [2.05, 4.69) is 10.3 Å². The number of hydrogen-bond donors (Lipinski definition) is 1. The highest BCUT2D eigenvalue weighted by molar-refractivity contribution is 5.94. The lowest BCUT2D eigenvalue weighted by molar-refractivity contribution is -0.123. The van der Waals surface area contributed by atoms with E-state index in [-0.39, 0.29) is 11.3 Å². The topological polar surface area (TPSA) is 42.0 Å². The standard InChI is InChI=1S/C11H16N2O/c1-8-7-12-6-5-9(8)13-10(14)11(2,3)4/h5-7H,1-4H3,(H,12,13,14). The maximum absolute atomic E-state index is 11.7. The van der Waals surface area contributed by atoms with E-state index in [1.807, 2.05) is 27.7 Å². The molecule has 14 heavy (non-hydrogen) atoms. The first-order chi connectivity index (χ1) is 6.41. The van der Waals surface area contributed by atoms with Crippen molar-refractivity contribution in [1.29, 1.82) is 0 Å². The van der Waals surface area contributed by atoms with Crippen LogP contribution in [-0.4, -0.2) is 10.9 Å². The number of hydrogen-bond acceptors (Lipinski definition) is 2. The van der Waals surface area contributed by atoms with Crippen molar-refractivity contribution >= 4 is 11.6 Å². The third-order valence-corrected chi connectivity index (χ3v) is 1.95.